The molecule has 0 aliphatic carbocycles. The first-order valence-electron chi connectivity index (χ1n) is 6.94. The van der Waals surface area contributed by atoms with Gasteiger partial charge in [-0.2, -0.15) is 0 Å². The van der Waals surface area contributed by atoms with Gasteiger partial charge in [-0.05, 0) is 37.1 Å². The lowest BCUT2D eigenvalue weighted by Gasteiger charge is -2.14. The van der Waals surface area contributed by atoms with E-state index in [0.717, 1.165) is 5.56 Å². The first-order chi connectivity index (χ1) is 10.5. The number of carbonyl (C=O) groups is 2. The monoisotopic (exact) mass is 298 g/mol. The highest BCUT2D eigenvalue weighted by molar-refractivity contribution is 6.01. The molecule has 0 amide bonds. The molecule has 0 aromatic heterocycles. The lowest BCUT2D eigenvalue weighted by molar-refractivity contribution is 0.0594. The van der Waals surface area contributed by atoms with E-state index in [1.807, 2.05) is 30.3 Å². The first-order valence-corrected chi connectivity index (χ1v) is 6.94. The molecule has 0 aliphatic heterocycles. The molecule has 0 saturated carbocycles. The minimum absolute atomic E-state index is 0.0998. The van der Waals surface area contributed by atoms with E-state index in [2.05, 4.69) is 0 Å². The lowest BCUT2D eigenvalue weighted by Crippen LogP contribution is -2.11. The normalized spacial score (nSPS) is 10.1. The molecular weight excluding hydrogens is 280 g/mol. The molecule has 0 N–H and O–H groups in total. The van der Waals surface area contributed by atoms with Crippen molar-refractivity contribution in [3.05, 3.63) is 64.7 Å². The summed E-state index contributed by atoms with van der Waals surface area (Å²) < 4.78 is 10.6. The van der Waals surface area contributed by atoms with Gasteiger partial charge in [0.1, 0.15) is 17.9 Å². The van der Waals surface area contributed by atoms with Crippen molar-refractivity contribution in [1.29, 1.82) is 0 Å². The number of ether oxygens (including phenoxy) is 2. The van der Waals surface area contributed by atoms with Crippen LogP contribution in [0.15, 0.2) is 42.5 Å². The molecule has 0 radical (unpaired) electrons. The summed E-state index contributed by atoms with van der Waals surface area (Å²) in [6, 6.07) is 13.0. The van der Waals surface area contributed by atoms with Gasteiger partial charge in [0, 0.05) is 5.56 Å². The zero-order valence-electron chi connectivity index (χ0n) is 12.9. The van der Waals surface area contributed by atoms with Gasteiger partial charge in [0.05, 0.1) is 7.11 Å². The molecular formula is C18H18O4. The van der Waals surface area contributed by atoms with Crippen LogP contribution < -0.4 is 4.74 Å². The fourth-order valence-corrected chi connectivity index (χ4v) is 2.28. The van der Waals surface area contributed by atoms with Gasteiger partial charge < -0.3 is 9.47 Å². The average Bonchev–Trinajstić information content (AvgIpc) is 2.52. The van der Waals surface area contributed by atoms with E-state index in [9.17, 15) is 9.59 Å². The Balaban J connectivity index is 2.36. The first kappa shape index (κ1) is 15.8. The van der Waals surface area contributed by atoms with Crippen molar-refractivity contribution >= 4 is 11.8 Å². The van der Waals surface area contributed by atoms with Crippen molar-refractivity contribution in [1.82, 2.24) is 0 Å². The second kappa shape index (κ2) is 6.89. The number of rotatable bonds is 5. The smallest absolute Gasteiger partial charge is 0.341 e. The minimum atomic E-state index is -0.510. The largest absolute Gasteiger partial charge is 0.488 e. The predicted molar refractivity (Wildman–Crippen MR) is 83.3 cm³/mol. The maximum absolute atomic E-state index is 12.0. The standard InChI is InChI=1S/C18H18O4/c1-12-15(13(2)19)9-10-16(17(12)18(20)21-3)22-11-14-7-5-4-6-8-14/h4-10H,11H2,1-3H3. The summed E-state index contributed by atoms with van der Waals surface area (Å²) in [5.74, 6) is -0.195. The fourth-order valence-electron chi connectivity index (χ4n) is 2.28. The number of esters is 1. The third kappa shape index (κ3) is 3.34. The summed E-state index contributed by atoms with van der Waals surface area (Å²) in [5.41, 5.74) is 2.36. The summed E-state index contributed by atoms with van der Waals surface area (Å²) in [7, 11) is 1.31. The zero-order chi connectivity index (χ0) is 16.1. The van der Waals surface area contributed by atoms with Crippen molar-refractivity contribution in [3.63, 3.8) is 0 Å². The predicted octanol–water partition coefficient (Wildman–Crippen LogP) is 3.56. The molecule has 2 rings (SSSR count). The lowest BCUT2D eigenvalue weighted by atomic mass is 9.99. The Morgan fingerprint density at radius 3 is 2.32 bits per heavy atom. The number of ketones is 1. The molecule has 0 aliphatic rings. The molecule has 2 aromatic carbocycles. The fraction of sp³-hybridized carbons (Fsp3) is 0.222. The molecule has 0 unspecified atom stereocenters. The molecule has 114 valence electrons. The van der Waals surface area contributed by atoms with Crippen LogP contribution in [0.25, 0.3) is 0 Å². The van der Waals surface area contributed by atoms with Gasteiger partial charge >= 0.3 is 5.97 Å². The SMILES string of the molecule is COC(=O)c1c(OCc2ccccc2)ccc(C(C)=O)c1C. The number of methoxy groups -OCH3 is 1. The van der Waals surface area contributed by atoms with Crippen LogP contribution in [-0.2, 0) is 11.3 Å². The number of hydrogen-bond acceptors (Lipinski definition) is 4. The van der Waals surface area contributed by atoms with Gasteiger partial charge in [-0.3, -0.25) is 4.79 Å². The van der Waals surface area contributed by atoms with Crippen LogP contribution in [-0.4, -0.2) is 18.9 Å². The highest BCUT2D eigenvalue weighted by atomic mass is 16.5. The number of carbonyl (C=O) groups excluding carboxylic acids is 2. The Morgan fingerprint density at radius 1 is 1.05 bits per heavy atom. The van der Waals surface area contributed by atoms with E-state index in [-0.39, 0.29) is 5.78 Å². The van der Waals surface area contributed by atoms with E-state index < -0.39 is 5.97 Å². The van der Waals surface area contributed by atoms with E-state index >= 15 is 0 Å². The summed E-state index contributed by atoms with van der Waals surface area (Å²) in [5, 5.41) is 0. The topological polar surface area (TPSA) is 52.6 Å². The third-order valence-corrected chi connectivity index (χ3v) is 3.43. The van der Waals surface area contributed by atoms with Crippen LogP contribution in [0.4, 0.5) is 0 Å². The second-order valence-electron chi connectivity index (χ2n) is 4.93. The summed E-state index contributed by atoms with van der Waals surface area (Å²) in [6.07, 6.45) is 0. The molecule has 0 heterocycles. The van der Waals surface area contributed by atoms with E-state index in [4.69, 9.17) is 9.47 Å². The van der Waals surface area contributed by atoms with E-state index in [0.29, 0.717) is 29.0 Å². The van der Waals surface area contributed by atoms with Crippen LogP contribution in [0.1, 0.15) is 38.8 Å². The van der Waals surface area contributed by atoms with Gasteiger partial charge in [0.15, 0.2) is 5.78 Å². The molecule has 4 heteroatoms. The van der Waals surface area contributed by atoms with Crippen molar-refractivity contribution in [3.8, 4) is 5.75 Å². The summed E-state index contributed by atoms with van der Waals surface area (Å²) in [6.45, 7) is 3.52. The van der Waals surface area contributed by atoms with Crippen LogP contribution >= 0.6 is 0 Å². The van der Waals surface area contributed by atoms with Crippen LogP contribution in [0.5, 0.6) is 5.75 Å². The Morgan fingerprint density at radius 2 is 1.73 bits per heavy atom. The van der Waals surface area contributed by atoms with Crippen molar-refractivity contribution < 1.29 is 19.1 Å². The van der Waals surface area contributed by atoms with Gasteiger partial charge in [-0.25, -0.2) is 4.79 Å². The third-order valence-electron chi connectivity index (χ3n) is 3.43. The maximum atomic E-state index is 12.0. The number of benzene rings is 2. The molecule has 0 fully saturated rings. The molecule has 22 heavy (non-hydrogen) atoms. The Labute approximate surface area is 129 Å². The number of Topliss-reactive ketones (excluding diaryl/α,β-unsaturated/α-hetero) is 1. The Kier molecular flexibility index (Phi) is 4.94. The minimum Gasteiger partial charge on any atom is -0.488 e. The summed E-state index contributed by atoms with van der Waals surface area (Å²) >= 11 is 0. The Bertz CT molecular complexity index is 690. The quantitative estimate of drug-likeness (QED) is 0.625. The molecule has 2 aromatic rings. The van der Waals surface area contributed by atoms with Gasteiger partial charge in [0.25, 0.3) is 0 Å². The van der Waals surface area contributed by atoms with Crippen molar-refractivity contribution in [2.75, 3.05) is 7.11 Å². The molecule has 0 atom stereocenters. The highest BCUT2D eigenvalue weighted by Crippen LogP contribution is 2.27. The zero-order valence-corrected chi connectivity index (χ0v) is 12.9. The average molecular weight is 298 g/mol. The molecule has 0 bridgehead atoms. The maximum Gasteiger partial charge on any atom is 0.341 e. The summed E-state index contributed by atoms with van der Waals surface area (Å²) in [4.78, 5) is 23.7. The molecule has 4 nitrogen and oxygen atoms in total. The highest BCUT2D eigenvalue weighted by Gasteiger charge is 2.20. The van der Waals surface area contributed by atoms with Gasteiger partial charge in [0.2, 0.25) is 0 Å². The second-order valence-corrected chi connectivity index (χ2v) is 4.93. The van der Waals surface area contributed by atoms with Crippen molar-refractivity contribution in [2.24, 2.45) is 0 Å². The van der Waals surface area contributed by atoms with Crippen LogP contribution in [0, 0.1) is 6.92 Å². The van der Waals surface area contributed by atoms with E-state index in [1.54, 1.807) is 19.1 Å². The molecule has 0 spiro atoms. The van der Waals surface area contributed by atoms with Crippen LogP contribution in [0.3, 0.4) is 0 Å². The van der Waals surface area contributed by atoms with Crippen molar-refractivity contribution in [2.45, 2.75) is 20.5 Å². The number of hydrogen-bond donors (Lipinski definition) is 0. The van der Waals surface area contributed by atoms with E-state index in [1.165, 1.54) is 14.0 Å². The Hall–Kier alpha value is -2.62. The van der Waals surface area contributed by atoms with Gasteiger partial charge in [-0.1, -0.05) is 30.3 Å². The molecule has 0 saturated heterocycles. The van der Waals surface area contributed by atoms with Crippen LogP contribution in [0.2, 0.25) is 0 Å². The van der Waals surface area contributed by atoms with Gasteiger partial charge in [-0.15, -0.1) is 0 Å².